The van der Waals surface area contributed by atoms with E-state index in [1.54, 1.807) is 6.07 Å². The zero-order valence-corrected chi connectivity index (χ0v) is 12.4. The Hall–Kier alpha value is -1.22. The normalized spacial score (nSPS) is 10.2. The van der Waals surface area contributed by atoms with Gasteiger partial charge in [0.05, 0.1) is 10.5 Å². The number of aliphatic hydroxyl groups is 1. The van der Waals surface area contributed by atoms with Crippen molar-refractivity contribution in [1.29, 1.82) is 0 Å². The van der Waals surface area contributed by atoms with E-state index in [2.05, 4.69) is 5.32 Å². The van der Waals surface area contributed by atoms with Crippen molar-refractivity contribution >= 4 is 34.2 Å². The standard InChI is InChI=1S/C12H15IN2O4/c13-11-5-4-9(15(18)19)8-10(11)12(17)14-6-2-1-3-7-16/h4-5,8,16H,1-3,6-7H2,(H,14,17). The minimum atomic E-state index is -0.520. The Morgan fingerprint density at radius 1 is 1.37 bits per heavy atom. The third-order valence-corrected chi connectivity index (χ3v) is 3.47. The minimum absolute atomic E-state index is 0.0918. The van der Waals surface area contributed by atoms with Crippen molar-refractivity contribution in [1.82, 2.24) is 5.32 Å². The number of rotatable bonds is 7. The van der Waals surface area contributed by atoms with Gasteiger partial charge in [-0.1, -0.05) is 0 Å². The summed E-state index contributed by atoms with van der Waals surface area (Å²) < 4.78 is 0.677. The van der Waals surface area contributed by atoms with E-state index in [0.29, 0.717) is 22.1 Å². The molecule has 0 atom stereocenters. The summed E-state index contributed by atoms with van der Waals surface area (Å²) in [6.07, 6.45) is 2.32. The number of nitro benzene ring substituents is 1. The Labute approximate surface area is 124 Å². The van der Waals surface area contributed by atoms with Crippen LogP contribution in [0.3, 0.4) is 0 Å². The third kappa shape index (κ3) is 5.11. The molecule has 1 amide bonds. The van der Waals surface area contributed by atoms with Crippen molar-refractivity contribution in [3.8, 4) is 0 Å². The summed E-state index contributed by atoms with van der Waals surface area (Å²) in [4.78, 5) is 22.0. The second-order valence-corrected chi connectivity index (χ2v) is 5.12. The zero-order chi connectivity index (χ0) is 14.3. The molecule has 0 unspecified atom stereocenters. The van der Waals surface area contributed by atoms with Crippen molar-refractivity contribution in [2.24, 2.45) is 0 Å². The second kappa shape index (κ2) is 8.05. The van der Waals surface area contributed by atoms with Gasteiger partial charge in [0.1, 0.15) is 0 Å². The molecule has 0 aliphatic rings. The molecule has 0 fully saturated rings. The van der Waals surface area contributed by atoms with Gasteiger partial charge in [-0.3, -0.25) is 14.9 Å². The number of nitrogens with zero attached hydrogens (tertiary/aromatic N) is 1. The van der Waals surface area contributed by atoms with Crippen molar-refractivity contribution in [2.75, 3.05) is 13.2 Å². The number of nitrogens with one attached hydrogen (secondary N) is 1. The zero-order valence-electron chi connectivity index (χ0n) is 10.3. The molecule has 0 bridgehead atoms. The first-order chi connectivity index (χ1) is 9.06. The number of benzene rings is 1. The van der Waals surface area contributed by atoms with Crippen LogP contribution in [0.25, 0.3) is 0 Å². The number of nitro groups is 1. The minimum Gasteiger partial charge on any atom is -0.396 e. The SMILES string of the molecule is O=C(NCCCCCO)c1cc([N+](=O)[O-])ccc1I. The van der Waals surface area contributed by atoms with Crippen molar-refractivity contribution in [2.45, 2.75) is 19.3 Å². The molecule has 19 heavy (non-hydrogen) atoms. The molecular formula is C12H15IN2O4. The van der Waals surface area contributed by atoms with Gasteiger partial charge in [0.25, 0.3) is 11.6 Å². The highest BCUT2D eigenvalue weighted by Gasteiger charge is 2.14. The number of halogens is 1. The van der Waals surface area contributed by atoms with Crippen LogP contribution in [-0.4, -0.2) is 29.1 Å². The lowest BCUT2D eigenvalue weighted by Gasteiger charge is -2.06. The molecule has 1 aromatic rings. The molecule has 0 radical (unpaired) electrons. The van der Waals surface area contributed by atoms with E-state index in [1.165, 1.54) is 12.1 Å². The van der Waals surface area contributed by atoms with Gasteiger partial charge in [-0.05, 0) is 47.9 Å². The van der Waals surface area contributed by atoms with E-state index in [0.717, 1.165) is 12.8 Å². The Kier molecular flexibility index (Phi) is 6.71. The summed E-state index contributed by atoms with van der Waals surface area (Å²) in [6.45, 7) is 0.647. The van der Waals surface area contributed by atoms with E-state index in [9.17, 15) is 14.9 Å². The number of amides is 1. The van der Waals surface area contributed by atoms with Crippen LogP contribution in [0.4, 0.5) is 5.69 Å². The lowest BCUT2D eigenvalue weighted by atomic mass is 10.2. The molecule has 0 saturated carbocycles. The van der Waals surface area contributed by atoms with Crippen LogP contribution in [0.1, 0.15) is 29.6 Å². The molecule has 6 nitrogen and oxygen atoms in total. The number of carbonyl (C=O) groups excluding carboxylic acids is 1. The molecule has 104 valence electrons. The first kappa shape index (κ1) is 15.8. The number of aliphatic hydroxyl groups excluding tert-OH is 1. The van der Waals surface area contributed by atoms with Gasteiger partial charge in [-0.25, -0.2) is 0 Å². The van der Waals surface area contributed by atoms with Crippen LogP contribution in [-0.2, 0) is 0 Å². The average Bonchev–Trinajstić information content (AvgIpc) is 2.38. The number of carbonyl (C=O) groups is 1. The van der Waals surface area contributed by atoms with E-state index >= 15 is 0 Å². The molecule has 0 spiro atoms. The fraction of sp³-hybridized carbons (Fsp3) is 0.417. The molecule has 1 aromatic carbocycles. The molecule has 0 aromatic heterocycles. The fourth-order valence-corrected chi connectivity index (χ4v) is 2.09. The van der Waals surface area contributed by atoms with Gasteiger partial charge in [0.2, 0.25) is 0 Å². The summed E-state index contributed by atoms with van der Waals surface area (Å²) in [5.41, 5.74) is 0.225. The van der Waals surface area contributed by atoms with E-state index in [1.807, 2.05) is 22.6 Å². The van der Waals surface area contributed by atoms with Crippen LogP contribution in [0.15, 0.2) is 18.2 Å². The maximum Gasteiger partial charge on any atom is 0.270 e. The quantitative estimate of drug-likeness (QED) is 0.329. The van der Waals surface area contributed by atoms with Gasteiger partial charge in [-0.15, -0.1) is 0 Å². The molecule has 0 aliphatic heterocycles. The number of hydrogen-bond acceptors (Lipinski definition) is 4. The van der Waals surface area contributed by atoms with Crippen LogP contribution < -0.4 is 5.32 Å². The topological polar surface area (TPSA) is 92.5 Å². The second-order valence-electron chi connectivity index (χ2n) is 3.96. The van der Waals surface area contributed by atoms with Crippen LogP contribution in [0, 0.1) is 13.7 Å². The van der Waals surface area contributed by atoms with Crippen LogP contribution in [0.5, 0.6) is 0 Å². The number of hydrogen-bond donors (Lipinski definition) is 2. The van der Waals surface area contributed by atoms with Gasteiger partial charge in [0, 0.05) is 28.9 Å². The Morgan fingerprint density at radius 2 is 2.11 bits per heavy atom. The molecule has 7 heteroatoms. The molecule has 0 aliphatic carbocycles. The summed E-state index contributed by atoms with van der Waals surface area (Å²) in [6, 6.07) is 4.21. The van der Waals surface area contributed by atoms with Gasteiger partial charge >= 0.3 is 0 Å². The molecule has 1 rings (SSSR count). The van der Waals surface area contributed by atoms with Crippen LogP contribution in [0.2, 0.25) is 0 Å². The lowest BCUT2D eigenvalue weighted by Crippen LogP contribution is -2.25. The molecular weight excluding hydrogens is 363 g/mol. The molecule has 0 heterocycles. The highest BCUT2D eigenvalue weighted by molar-refractivity contribution is 14.1. The summed E-state index contributed by atoms with van der Waals surface area (Å²) in [7, 11) is 0. The Balaban J connectivity index is 2.61. The third-order valence-electron chi connectivity index (χ3n) is 2.53. The summed E-state index contributed by atoms with van der Waals surface area (Å²) >= 11 is 1.97. The monoisotopic (exact) mass is 378 g/mol. The summed E-state index contributed by atoms with van der Waals surface area (Å²) in [5, 5.41) is 22.0. The fourth-order valence-electron chi connectivity index (χ4n) is 1.51. The van der Waals surface area contributed by atoms with E-state index < -0.39 is 4.92 Å². The molecule has 0 saturated heterocycles. The summed E-state index contributed by atoms with van der Waals surface area (Å²) in [5.74, 6) is -0.308. The maximum atomic E-state index is 11.9. The molecule has 2 N–H and O–H groups in total. The predicted molar refractivity (Wildman–Crippen MR) is 79.1 cm³/mol. The first-order valence-electron chi connectivity index (χ1n) is 5.89. The Morgan fingerprint density at radius 3 is 2.74 bits per heavy atom. The van der Waals surface area contributed by atoms with Gasteiger partial charge < -0.3 is 10.4 Å². The van der Waals surface area contributed by atoms with Crippen molar-refractivity contribution < 1.29 is 14.8 Å². The van der Waals surface area contributed by atoms with E-state index in [4.69, 9.17) is 5.11 Å². The highest BCUT2D eigenvalue weighted by atomic mass is 127. The van der Waals surface area contributed by atoms with E-state index in [-0.39, 0.29) is 18.2 Å². The van der Waals surface area contributed by atoms with Crippen LogP contribution >= 0.6 is 22.6 Å². The van der Waals surface area contributed by atoms with Gasteiger partial charge in [0.15, 0.2) is 0 Å². The largest absolute Gasteiger partial charge is 0.396 e. The van der Waals surface area contributed by atoms with Crippen molar-refractivity contribution in [3.63, 3.8) is 0 Å². The highest BCUT2D eigenvalue weighted by Crippen LogP contribution is 2.19. The number of unbranched alkanes of at least 4 members (excludes halogenated alkanes) is 2. The Bertz CT molecular complexity index is 465. The first-order valence-corrected chi connectivity index (χ1v) is 6.97. The average molecular weight is 378 g/mol. The maximum absolute atomic E-state index is 11.9. The predicted octanol–water partition coefficient (Wildman–Crippen LogP) is 2.09. The van der Waals surface area contributed by atoms with Crippen molar-refractivity contribution in [3.05, 3.63) is 37.4 Å². The van der Waals surface area contributed by atoms with Gasteiger partial charge in [-0.2, -0.15) is 0 Å². The lowest BCUT2D eigenvalue weighted by molar-refractivity contribution is -0.384. The smallest absolute Gasteiger partial charge is 0.270 e. The number of non-ortho nitro benzene ring substituents is 1.